The van der Waals surface area contributed by atoms with Crippen molar-refractivity contribution < 1.29 is 24.2 Å². The number of carboxylic acid groups (broad SMARTS) is 1. The summed E-state index contributed by atoms with van der Waals surface area (Å²) in [5.74, 6) is -0.964. The summed E-state index contributed by atoms with van der Waals surface area (Å²) in [5, 5.41) is 9.03. The third kappa shape index (κ3) is 2.47. The van der Waals surface area contributed by atoms with E-state index in [-0.39, 0.29) is 6.54 Å². The largest absolute Gasteiger partial charge is 0.478 e. The average molecular weight is 265 g/mol. The van der Waals surface area contributed by atoms with Gasteiger partial charge in [-0.2, -0.15) is 0 Å². The van der Waals surface area contributed by atoms with E-state index in [0.29, 0.717) is 23.5 Å². The fraction of sp³-hybridized carbons (Fsp3) is 0.385. The number of aliphatic carboxylic acids is 1. The topological polar surface area (TPSA) is 76.1 Å². The molecule has 102 valence electrons. The lowest BCUT2D eigenvalue weighted by atomic mass is 10.1. The van der Waals surface area contributed by atoms with E-state index in [1.165, 1.54) is 7.11 Å². The van der Waals surface area contributed by atoms with Crippen LogP contribution in [-0.2, 0) is 9.53 Å². The number of hydrogen-bond acceptors (Lipinski definition) is 5. The van der Waals surface area contributed by atoms with Gasteiger partial charge in [-0.1, -0.05) is 0 Å². The van der Waals surface area contributed by atoms with Gasteiger partial charge in [0.25, 0.3) is 0 Å². The van der Waals surface area contributed by atoms with Crippen LogP contribution in [0.4, 0.5) is 5.69 Å². The van der Waals surface area contributed by atoms with Crippen LogP contribution in [0.3, 0.4) is 0 Å². The molecule has 0 radical (unpaired) electrons. The molecule has 1 aromatic carbocycles. The zero-order valence-electron chi connectivity index (χ0n) is 10.8. The Hall–Kier alpha value is -2.24. The molecule has 0 fully saturated rings. The fourth-order valence-electron chi connectivity index (χ4n) is 2.03. The Morgan fingerprint density at radius 2 is 2.26 bits per heavy atom. The van der Waals surface area contributed by atoms with Gasteiger partial charge in [0.2, 0.25) is 6.10 Å². The SMILES string of the molecule is CCN1CC(C(=O)O)Oc2ccc(C(=O)OC)cc21. The molecule has 19 heavy (non-hydrogen) atoms. The number of carboxylic acids is 1. The number of rotatable bonds is 3. The number of likely N-dealkylation sites (N-methyl/N-ethyl adjacent to an activating group) is 1. The van der Waals surface area contributed by atoms with E-state index in [4.69, 9.17) is 9.84 Å². The van der Waals surface area contributed by atoms with Gasteiger partial charge in [0.15, 0.2) is 0 Å². The zero-order chi connectivity index (χ0) is 14.0. The van der Waals surface area contributed by atoms with Gasteiger partial charge in [-0.3, -0.25) is 0 Å². The number of carbonyl (C=O) groups excluding carboxylic acids is 1. The lowest BCUT2D eigenvalue weighted by Crippen LogP contribution is -2.44. The van der Waals surface area contributed by atoms with Crippen molar-refractivity contribution in [2.24, 2.45) is 0 Å². The fourth-order valence-corrected chi connectivity index (χ4v) is 2.03. The van der Waals surface area contributed by atoms with Crippen molar-refractivity contribution in [3.05, 3.63) is 23.8 Å². The number of benzene rings is 1. The molecule has 1 heterocycles. The first-order valence-electron chi connectivity index (χ1n) is 5.93. The van der Waals surface area contributed by atoms with Crippen LogP contribution in [0.1, 0.15) is 17.3 Å². The number of nitrogens with zero attached hydrogens (tertiary/aromatic N) is 1. The summed E-state index contributed by atoms with van der Waals surface area (Å²) < 4.78 is 10.1. The molecule has 6 heteroatoms. The molecule has 1 aliphatic heterocycles. The summed E-state index contributed by atoms with van der Waals surface area (Å²) in [5.41, 5.74) is 1.12. The number of ether oxygens (including phenoxy) is 2. The van der Waals surface area contributed by atoms with Crippen molar-refractivity contribution in [2.45, 2.75) is 13.0 Å². The van der Waals surface area contributed by atoms with E-state index in [1.54, 1.807) is 18.2 Å². The van der Waals surface area contributed by atoms with Crippen molar-refractivity contribution in [2.75, 3.05) is 25.1 Å². The Morgan fingerprint density at radius 1 is 1.53 bits per heavy atom. The highest BCUT2D eigenvalue weighted by molar-refractivity contribution is 5.91. The van der Waals surface area contributed by atoms with Gasteiger partial charge in [0, 0.05) is 6.54 Å². The summed E-state index contributed by atoms with van der Waals surface area (Å²) in [6.45, 7) is 2.80. The Bertz CT molecular complexity index is 514. The van der Waals surface area contributed by atoms with E-state index >= 15 is 0 Å². The Kier molecular flexibility index (Phi) is 3.59. The average Bonchev–Trinajstić information content (AvgIpc) is 2.44. The molecule has 1 unspecified atom stereocenters. The summed E-state index contributed by atoms with van der Waals surface area (Å²) >= 11 is 0. The van der Waals surface area contributed by atoms with Crippen molar-refractivity contribution in [1.82, 2.24) is 0 Å². The van der Waals surface area contributed by atoms with Crippen molar-refractivity contribution >= 4 is 17.6 Å². The van der Waals surface area contributed by atoms with E-state index in [1.807, 2.05) is 11.8 Å². The molecule has 0 saturated carbocycles. The lowest BCUT2D eigenvalue weighted by molar-refractivity contribution is -0.144. The van der Waals surface area contributed by atoms with E-state index in [9.17, 15) is 9.59 Å². The molecule has 0 spiro atoms. The maximum Gasteiger partial charge on any atom is 0.346 e. The first kappa shape index (κ1) is 13.2. The number of carbonyl (C=O) groups is 2. The third-order valence-electron chi connectivity index (χ3n) is 3.03. The van der Waals surface area contributed by atoms with Crippen LogP contribution in [0.2, 0.25) is 0 Å². The van der Waals surface area contributed by atoms with Gasteiger partial charge in [0.1, 0.15) is 5.75 Å². The van der Waals surface area contributed by atoms with E-state index in [2.05, 4.69) is 4.74 Å². The van der Waals surface area contributed by atoms with Crippen LogP contribution >= 0.6 is 0 Å². The van der Waals surface area contributed by atoms with Crippen LogP contribution in [0.5, 0.6) is 5.75 Å². The summed E-state index contributed by atoms with van der Waals surface area (Å²) in [6.07, 6.45) is -0.892. The molecule has 0 bridgehead atoms. The first-order chi connectivity index (χ1) is 9.06. The second kappa shape index (κ2) is 5.17. The van der Waals surface area contributed by atoms with Crippen molar-refractivity contribution in [3.8, 4) is 5.75 Å². The highest BCUT2D eigenvalue weighted by Gasteiger charge is 2.30. The van der Waals surface area contributed by atoms with E-state index in [0.717, 1.165) is 0 Å². The monoisotopic (exact) mass is 265 g/mol. The molecule has 0 saturated heterocycles. The molecular weight excluding hydrogens is 250 g/mol. The molecular formula is C13H15NO5. The quantitative estimate of drug-likeness (QED) is 0.826. The van der Waals surface area contributed by atoms with Gasteiger partial charge in [-0.15, -0.1) is 0 Å². The van der Waals surface area contributed by atoms with Crippen molar-refractivity contribution in [3.63, 3.8) is 0 Å². The third-order valence-corrected chi connectivity index (χ3v) is 3.03. The van der Waals surface area contributed by atoms with Crippen LogP contribution in [-0.4, -0.2) is 43.3 Å². The van der Waals surface area contributed by atoms with Gasteiger partial charge in [-0.25, -0.2) is 9.59 Å². The maximum absolute atomic E-state index is 11.5. The van der Waals surface area contributed by atoms with Crippen LogP contribution < -0.4 is 9.64 Å². The number of hydrogen-bond donors (Lipinski definition) is 1. The predicted octanol–water partition coefficient (Wildman–Crippen LogP) is 1.15. The van der Waals surface area contributed by atoms with Crippen LogP contribution in [0.25, 0.3) is 0 Å². The number of anilines is 1. The van der Waals surface area contributed by atoms with Gasteiger partial charge in [-0.05, 0) is 25.1 Å². The van der Waals surface area contributed by atoms with Gasteiger partial charge < -0.3 is 19.5 Å². The summed E-state index contributed by atoms with van der Waals surface area (Å²) in [6, 6.07) is 4.81. The molecule has 1 N–H and O–H groups in total. The highest BCUT2D eigenvalue weighted by atomic mass is 16.5. The number of fused-ring (bicyclic) bond motifs is 1. The number of methoxy groups -OCH3 is 1. The standard InChI is InChI=1S/C13H15NO5/c1-3-14-7-11(12(15)16)19-10-5-4-8(6-9(10)14)13(17)18-2/h4-6,11H,3,7H2,1-2H3,(H,15,16). The van der Waals surface area contributed by atoms with Crippen LogP contribution in [0.15, 0.2) is 18.2 Å². The van der Waals surface area contributed by atoms with E-state index < -0.39 is 18.0 Å². The maximum atomic E-state index is 11.5. The number of esters is 1. The molecule has 1 aliphatic rings. The first-order valence-corrected chi connectivity index (χ1v) is 5.93. The predicted molar refractivity (Wildman–Crippen MR) is 67.7 cm³/mol. The molecule has 1 atom stereocenters. The Morgan fingerprint density at radius 3 is 2.84 bits per heavy atom. The second-order valence-electron chi connectivity index (χ2n) is 4.16. The summed E-state index contributed by atoms with van der Waals surface area (Å²) in [7, 11) is 1.32. The summed E-state index contributed by atoms with van der Waals surface area (Å²) in [4.78, 5) is 24.4. The lowest BCUT2D eigenvalue weighted by Gasteiger charge is -2.34. The van der Waals surface area contributed by atoms with Crippen molar-refractivity contribution in [1.29, 1.82) is 0 Å². The Labute approximate surface area is 110 Å². The molecule has 0 aliphatic carbocycles. The normalized spacial score (nSPS) is 17.4. The minimum Gasteiger partial charge on any atom is -0.478 e. The molecule has 6 nitrogen and oxygen atoms in total. The molecule has 0 aromatic heterocycles. The smallest absolute Gasteiger partial charge is 0.346 e. The minimum atomic E-state index is -0.999. The second-order valence-corrected chi connectivity index (χ2v) is 4.16. The molecule has 0 amide bonds. The minimum absolute atomic E-state index is 0.253. The van der Waals surface area contributed by atoms with Gasteiger partial charge >= 0.3 is 11.9 Å². The molecule has 1 aromatic rings. The van der Waals surface area contributed by atoms with Gasteiger partial charge in [0.05, 0.1) is 24.9 Å². The zero-order valence-corrected chi connectivity index (χ0v) is 10.8. The molecule has 2 rings (SSSR count). The Balaban J connectivity index is 2.38. The highest BCUT2D eigenvalue weighted by Crippen LogP contribution is 2.34. The van der Waals surface area contributed by atoms with Crippen LogP contribution in [0, 0.1) is 0 Å².